The number of fused-ring (bicyclic) bond motifs is 2. The van der Waals surface area contributed by atoms with E-state index in [1.54, 1.807) is 0 Å². The number of ether oxygens (including phenoxy) is 1. The molecule has 4 rings (SSSR count). The first-order chi connectivity index (χ1) is 8.76. The van der Waals surface area contributed by atoms with Crippen molar-refractivity contribution in [1.82, 2.24) is 0 Å². The minimum absolute atomic E-state index is 0.0739. The van der Waals surface area contributed by atoms with Gasteiger partial charge in [0, 0.05) is 5.41 Å². The van der Waals surface area contributed by atoms with Crippen molar-refractivity contribution in [2.24, 2.45) is 17.3 Å². The van der Waals surface area contributed by atoms with Gasteiger partial charge in [0.05, 0.1) is 24.7 Å². The molecule has 1 aliphatic heterocycles. The molecule has 2 aliphatic carbocycles. The van der Waals surface area contributed by atoms with E-state index in [1.807, 2.05) is 12.1 Å². The van der Waals surface area contributed by atoms with Gasteiger partial charge in [0.2, 0.25) is 0 Å². The Morgan fingerprint density at radius 1 is 1.39 bits per heavy atom. The van der Waals surface area contributed by atoms with E-state index in [0.29, 0.717) is 18.4 Å². The molecular weight excluding hydrogens is 222 g/mol. The van der Waals surface area contributed by atoms with Gasteiger partial charge in [0.25, 0.3) is 0 Å². The minimum Gasteiger partial charge on any atom is -0.380 e. The van der Waals surface area contributed by atoms with Crippen molar-refractivity contribution >= 4 is 6.08 Å². The van der Waals surface area contributed by atoms with E-state index in [-0.39, 0.29) is 10.8 Å². The van der Waals surface area contributed by atoms with Crippen LogP contribution >= 0.6 is 0 Å². The van der Waals surface area contributed by atoms with Gasteiger partial charge in [-0.1, -0.05) is 43.3 Å². The van der Waals surface area contributed by atoms with E-state index < -0.39 is 0 Å². The zero-order chi connectivity index (χ0) is 12.4. The average Bonchev–Trinajstić information content (AvgIpc) is 2.78. The first-order valence-corrected chi connectivity index (χ1v) is 6.54. The molecule has 1 aromatic rings. The van der Waals surface area contributed by atoms with Crippen molar-refractivity contribution in [1.29, 1.82) is 5.26 Å². The van der Waals surface area contributed by atoms with Crippen LogP contribution in [0.1, 0.15) is 18.1 Å². The largest absolute Gasteiger partial charge is 0.380 e. The van der Waals surface area contributed by atoms with E-state index in [4.69, 9.17) is 4.74 Å². The highest BCUT2D eigenvalue weighted by molar-refractivity contribution is 5.67. The van der Waals surface area contributed by atoms with Crippen molar-refractivity contribution < 1.29 is 4.74 Å². The highest BCUT2D eigenvalue weighted by Crippen LogP contribution is 2.70. The number of nitrogens with zero attached hydrogens (tertiary/aromatic N) is 1. The Bertz CT molecular complexity index is 599. The summed E-state index contributed by atoms with van der Waals surface area (Å²) < 4.78 is 5.70. The zero-order valence-corrected chi connectivity index (χ0v) is 10.4. The Balaban J connectivity index is 2.02. The van der Waals surface area contributed by atoms with Crippen LogP contribution in [0.4, 0.5) is 0 Å². The maximum Gasteiger partial charge on any atom is 0.0973 e. The highest BCUT2D eigenvalue weighted by atomic mass is 16.5. The normalized spacial score (nSPS) is 43.3. The Morgan fingerprint density at radius 2 is 2.22 bits per heavy atom. The van der Waals surface area contributed by atoms with E-state index in [2.05, 4.69) is 37.3 Å². The van der Waals surface area contributed by atoms with Crippen LogP contribution in [-0.2, 0) is 10.2 Å². The Hall–Kier alpha value is -1.59. The summed E-state index contributed by atoms with van der Waals surface area (Å²) in [5, 5.41) is 9.89. The molecule has 90 valence electrons. The van der Waals surface area contributed by atoms with Gasteiger partial charge in [-0.15, -0.1) is 0 Å². The van der Waals surface area contributed by atoms with Crippen LogP contribution in [0.25, 0.3) is 6.08 Å². The van der Waals surface area contributed by atoms with Gasteiger partial charge in [-0.25, -0.2) is 0 Å². The zero-order valence-electron chi connectivity index (χ0n) is 10.4. The lowest BCUT2D eigenvalue weighted by molar-refractivity contribution is -0.0365. The molecule has 0 N–H and O–H groups in total. The SMILES string of the molecule is C[C@H]1[C@@H]2COC[C@@]23C=Cc2ccccc2[C@@]13C#N. The third kappa shape index (κ3) is 0.814. The van der Waals surface area contributed by atoms with Crippen molar-refractivity contribution in [3.05, 3.63) is 41.5 Å². The first-order valence-electron chi connectivity index (χ1n) is 6.54. The lowest BCUT2D eigenvalue weighted by Crippen LogP contribution is -2.66. The molecule has 0 radical (unpaired) electrons. The van der Waals surface area contributed by atoms with Crippen LogP contribution in [0.15, 0.2) is 30.3 Å². The maximum atomic E-state index is 9.89. The number of rotatable bonds is 0. The van der Waals surface area contributed by atoms with Gasteiger partial charge < -0.3 is 4.74 Å². The molecule has 2 fully saturated rings. The van der Waals surface area contributed by atoms with Crippen LogP contribution in [0.5, 0.6) is 0 Å². The van der Waals surface area contributed by atoms with Crippen molar-refractivity contribution in [2.45, 2.75) is 12.3 Å². The summed E-state index contributed by atoms with van der Waals surface area (Å²) in [5.41, 5.74) is 1.95. The number of benzene rings is 1. The Kier molecular flexibility index (Phi) is 1.75. The predicted molar refractivity (Wildman–Crippen MR) is 68.7 cm³/mol. The molecule has 0 amide bonds. The van der Waals surface area contributed by atoms with E-state index in [0.717, 1.165) is 6.61 Å². The Labute approximate surface area is 107 Å². The van der Waals surface area contributed by atoms with Crippen LogP contribution in [0, 0.1) is 28.6 Å². The fraction of sp³-hybridized carbons (Fsp3) is 0.438. The molecule has 2 nitrogen and oxygen atoms in total. The maximum absolute atomic E-state index is 9.89. The second-order valence-corrected chi connectivity index (χ2v) is 5.79. The Morgan fingerprint density at radius 3 is 3.06 bits per heavy atom. The summed E-state index contributed by atoms with van der Waals surface area (Å²) in [4.78, 5) is 0. The molecule has 18 heavy (non-hydrogen) atoms. The number of hydrogen-bond donors (Lipinski definition) is 0. The second-order valence-electron chi connectivity index (χ2n) is 5.79. The fourth-order valence-corrected chi connectivity index (χ4v) is 4.54. The fourth-order valence-electron chi connectivity index (χ4n) is 4.54. The topological polar surface area (TPSA) is 33.0 Å². The molecule has 1 aromatic carbocycles. The van der Waals surface area contributed by atoms with Gasteiger partial charge in [-0.2, -0.15) is 5.26 Å². The molecule has 0 bridgehead atoms. The molecule has 3 aliphatic rings. The minimum atomic E-state index is -0.375. The number of nitriles is 1. The predicted octanol–water partition coefficient (Wildman–Crippen LogP) is 2.76. The molecule has 1 saturated heterocycles. The van der Waals surface area contributed by atoms with Crippen LogP contribution in [0.2, 0.25) is 0 Å². The monoisotopic (exact) mass is 237 g/mol. The van der Waals surface area contributed by atoms with Crippen LogP contribution in [-0.4, -0.2) is 13.2 Å². The third-order valence-corrected chi connectivity index (χ3v) is 5.44. The van der Waals surface area contributed by atoms with Gasteiger partial charge >= 0.3 is 0 Å². The van der Waals surface area contributed by atoms with Crippen LogP contribution < -0.4 is 0 Å². The molecule has 4 atom stereocenters. The van der Waals surface area contributed by atoms with Gasteiger partial charge in [-0.05, 0) is 23.0 Å². The van der Waals surface area contributed by atoms with Gasteiger partial charge in [0.1, 0.15) is 0 Å². The lowest BCUT2D eigenvalue weighted by Gasteiger charge is -2.62. The molecule has 0 unspecified atom stereocenters. The first kappa shape index (κ1) is 10.3. The van der Waals surface area contributed by atoms with E-state index in [1.165, 1.54) is 11.1 Å². The van der Waals surface area contributed by atoms with Gasteiger partial charge in [0.15, 0.2) is 0 Å². The molecule has 1 saturated carbocycles. The van der Waals surface area contributed by atoms with E-state index >= 15 is 0 Å². The van der Waals surface area contributed by atoms with E-state index in [9.17, 15) is 5.26 Å². The summed E-state index contributed by atoms with van der Waals surface area (Å²) in [6.45, 7) is 3.70. The summed E-state index contributed by atoms with van der Waals surface area (Å²) in [5.74, 6) is 0.873. The molecule has 1 spiro atoms. The second kappa shape index (κ2) is 3.05. The standard InChI is InChI=1S/C16H15NO/c1-11-14-8-18-10-15(14)7-6-12-4-2-3-5-13(12)16(11,15)9-17/h2-7,11,14H,8,10H2,1H3/t11-,14-,15-,16+/m0/s1. The summed E-state index contributed by atoms with van der Waals surface area (Å²) >= 11 is 0. The van der Waals surface area contributed by atoms with Crippen molar-refractivity contribution in [3.63, 3.8) is 0 Å². The lowest BCUT2D eigenvalue weighted by atomic mass is 9.36. The smallest absolute Gasteiger partial charge is 0.0973 e. The third-order valence-electron chi connectivity index (χ3n) is 5.44. The van der Waals surface area contributed by atoms with Gasteiger partial charge in [-0.3, -0.25) is 0 Å². The highest BCUT2D eigenvalue weighted by Gasteiger charge is 2.73. The van der Waals surface area contributed by atoms with Crippen molar-refractivity contribution in [2.75, 3.05) is 13.2 Å². The summed E-state index contributed by atoms with van der Waals surface area (Å²) in [6, 6.07) is 11.0. The van der Waals surface area contributed by atoms with Crippen molar-refractivity contribution in [3.8, 4) is 6.07 Å². The number of hydrogen-bond acceptors (Lipinski definition) is 2. The quantitative estimate of drug-likeness (QED) is 0.695. The molecule has 0 aromatic heterocycles. The average molecular weight is 237 g/mol. The molecular formula is C16H15NO. The summed E-state index contributed by atoms with van der Waals surface area (Å²) in [6.07, 6.45) is 4.43. The summed E-state index contributed by atoms with van der Waals surface area (Å²) in [7, 11) is 0. The molecule has 1 heterocycles. The van der Waals surface area contributed by atoms with Crippen LogP contribution in [0.3, 0.4) is 0 Å². The molecule has 2 heteroatoms.